The summed E-state index contributed by atoms with van der Waals surface area (Å²) in [5.41, 5.74) is 3.84. The van der Waals surface area contributed by atoms with Gasteiger partial charge in [-0.2, -0.15) is 0 Å². The van der Waals surface area contributed by atoms with Crippen LogP contribution in [-0.2, 0) is 9.36 Å². The molecule has 1 aromatic heterocycles. The Balaban J connectivity index is 2.34. The lowest BCUT2D eigenvalue weighted by molar-refractivity contribution is -0.140. The molecule has 6 nitrogen and oxygen atoms in total. The van der Waals surface area contributed by atoms with E-state index >= 15 is 0 Å². The molecule has 0 spiro atoms. The quantitative estimate of drug-likeness (QED) is 0.296. The number of aromatic nitrogens is 1. The largest absolute Gasteiger partial charge is 0.423 e. The molecule has 0 saturated carbocycles. The molecule has 0 aliphatic carbocycles. The van der Waals surface area contributed by atoms with E-state index < -0.39 is 31.1 Å². The van der Waals surface area contributed by atoms with Crippen molar-refractivity contribution in [2.75, 3.05) is 0 Å². The second kappa shape index (κ2) is 10.8. The molecule has 0 radical (unpaired) electrons. The van der Waals surface area contributed by atoms with Gasteiger partial charge in [0.2, 0.25) is 8.03 Å². The lowest BCUT2D eigenvalue weighted by Gasteiger charge is -2.31. The molecule has 35 heavy (non-hydrogen) atoms. The highest BCUT2D eigenvalue weighted by atomic mass is 31.1. The third-order valence-electron chi connectivity index (χ3n) is 6.36. The normalized spacial score (nSPS) is 14.9. The number of hydrogen-bond acceptors (Lipinski definition) is 5. The maximum Gasteiger partial charge on any atom is 0.329 e. The summed E-state index contributed by atoms with van der Waals surface area (Å²) in [6.45, 7) is 8.49. The number of hydrogen-bond donors (Lipinski definition) is 2. The number of carbonyl (C=O) groups is 1. The highest BCUT2D eigenvalue weighted by Gasteiger charge is 2.49. The van der Waals surface area contributed by atoms with E-state index in [0.29, 0.717) is 28.1 Å². The number of ether oxygens (including phenoxy) is 1. The van der Waals surface area contributed by atoms with Crippen molar-refractivity contribution in [3.8, 4) is 28.1 Å². The van der Waals surface area contributed by atoms with Crippen LogP contribution in [0.3, 0.4) is 0 Å². The molecule has 3 unspecified atom stereocenters. The molecule has 0 aliphatic rings. The average Bonchev–Trinajstić information content (AvgIpc) is 2.81. The SMILES string of the molecule is CCC(C(=O)Oc1c(C(C)C)nc(-c2ccccc2)c(C)c1-c1ccc(F)cc1)(C(C)O)[PH](=O)O. The predicted molar refractivity (Wildman–Crippen MR) is 135 cm³/mol. The highest BCUT2D eigenvalue weighted by Crippen LogP contribution is 2.46. The summed E-state index contributed by atoms with van der Waals surface area (Å²) in [6, 6.07) is 15.3. The number of aliphatic hydroxyl groups is 1. The average molecular weight is 500 g/mol. The number of benzene rings is 2. The maximum absolute atomic E-state index is 13.8. The smallest absolute Gasteiger partial charge is 0.329 e. The van der Waals surface area contributed by atoms with E-state index in [1.165, 1.54) is 19.1 Å². The Labute approximate surface area is 205 Å². The Hall–Kier alpha value is -2.86. The first kappa shape index (κ1) is 26.7. The zero-order chi connectivity index (χ0) is 25.9. The van der Waals surface area contributed by atoms with E-state index in [1.54, 1.807) is 19.1 Å². The van der Waals surface area contributed by atoms with Crippen LogP contribution in [0, 0.1) is 12.7 Å². The van der Waals surface area contributed by atoms with Crippen LogP contribution < -0.4 is 4.74 Å². The molecule has 0 saturated heterocycles. The number of aliphatic hydroxyl groups excluding tert-OH is 1. The third kappa shape index (κ3) is 5.08. The van der Waals surface area contributed by atoms with Crippen LogP contribution in [0.1, 0.15) is 51.3 Å². The fourth-order valence-electron chi connectivity index (χ4n) is 4.22. The van der Waals surface area contributed by atoms with Crippen molar-refractivity contribution in [3.63, 3.8) is 0 Å². The van der Waals surface area contributed by atoms with Gasteiger partial charge in [0.25, 0.3) is 0 Å². The summed E-state index contributed by atoms with van der Waals surface area (Å²) in [6.07, 6.45) is -1.50. The molecule has 3 rings (SSSR count). The van der Waals surface area contributed by atoms with Gasteiger partial charge in [0.05, 0.1) is 17.5 Å². The van der Waals surface area contributed by atoms with Gasteiger partial charge in [-0.1, -0.05) is 63.2 Å². The van der Waals surface area contributed by atoms with Crippen LogP contribution in [0.25, 0.3) is 22.4 Å². The van der Waals surface area contributed by atoms with E-state index in [1.807, 2.05) is 51.1 Å². The van der Waals surface area contributed by atoms with E-state index in [0.717, 1.165) is 5.56 Å². The van der Waals surface area contributed by atoms with Crippen LogP contribution in [-0.4, -0.2) is 32.2 Å². The summed E-state index contributed by atoms with van der Waals surface area (Å²) in [7, 11) is -3.52. The van der Waals surface area contributed by atoms with Crippen molar-refractivity contribution in [2.45, 2.75) is 58.2 Å². The molecule has 8 heteroatoms. The standard InChI is InChI=1S/C27H31FNO5P/c1-6-27(18(5)30,35(32)33)26(31)34-25-22(19-12-14-21(28)15-13-19)17(4)24(29-23(25)16(2)3)20-10-8-7-9-11-20/h7-16,18,30,35H,6H2,1-5H3,(H,32,33). The minimum Gasteiger partial charge on any atom is -0.423 e. The van der Waals surface area contributed by atoms with Crippen molar-refractivity contribution in [3.05, 3.63) is 71.7 Å². The minimum absolute atomic E-state index is 0.0881. The second-order valence-corrected chi connectivity index (χ2v) is 10.4. The Bertz CT molecular complexity index is 1230. The molecule has 0 bridgehead atoms. The summed E-state index contributed by atoms with van der Waals surface area (Å²) >= 11 is 0. The number of carbonyl (C=O) groups excluding carboxylic acids is 1. The Morgan fingerprint density at radius 3 is 2.17 bits per heavy atom. The topological polar surface area (TPSA) is 96.7 Å². The fraction of sp³-hybridized carbons (Fsp3) is 0.333. The molecular weight excluding hydrogens is 468 g/mol. The first-order valence-corrected chi connectivity index (χ1v) is 12.9. The zero-order valence-electron chi connectivity index (χ0n) is 20.5. The van der Waals surface area contributed by atoms with Crippen LogP contribution in [0.15, 0.2) is 54.6 Å². The maximum atomic E-state index is 13.8. The Morgan fingerprint density at radius 2 is 1.69 bits per heavy atom. The lowest BCUT2D eigenvalue weighted by Crippen LogP contribution is -2.47. The van der Waals surface area contributed by atoms with Gasteiger partial charge in [-0.3, -0.25) is 9.36 Å². The van der Waals surface area contributed by atoms with Gasteiger partial charge < -0.3 is 14.7 Å². The molecule has 3 atom stereocenters. The second-order valence-electron chi connectivity index (χ2n) is 8.90. The molecule has 0 fully saturated rings. The molecule has 186 valence electrons. The van der Waals surface area contributed by atoms with Crippen molar-refractivity contribution < 1.29 is 28.5 Å². The summed E-state index contributed by atoms with van der Waals surface area (Å²) in [5.74, 6) is -1.46. The molecular formula is C27H31FNO5P. The van der Waals surface area contributed by atoms with Crippen LogP contribution in [0.4, 0.5) is 4.39 Å². The number of nitrogens with zero attached hydrogens (tertiary/aromatic N) is 1. The van der Waals surface area contributed by atoms with Gasteiger partial charge in [0, 0.05) is 11.1 Å². The number of rotatable bonds is 8. The van der Waals surface area contributed by atoms with E-state index in [2.05, 4.69) is 0 Å². The van der Waals surface area contributed by atoms with Gasteiger partial charge in [-0.25, -0.2) is 9.37 Å². The number of pyridine rings is 1. The third-order valence-corrected chi connectivity index (χ3v) is 8.10. The predicted octanol–water partition coefficient (Wildman–Crippen LogP) is 5.89. The first-order chi connectivity index (χ1) is 16.5. The fourth-order valence-corrected chi connectivity index (χ4v) is 5.10. The monoisotopic (exact) mass is 499 g/mol. The van der Waals surface area contributed by atoms with Crippen molar-refractivity contribution in [1.82, 2.24) is 4.98 Å². The van der Waals surface area contributed by atoms with Gasteiger partial charge in [0.15, 0.2) is 10.9 Å². The minimum atomic E-state index is -3.52. The van der Waals surface area contributed by atoms with Gasteiger partial charge in [-0.05, 0) is 49.4 Å². The van der Waals surface area contributed by atoms with E-state index in [-0.39, 0.29) is 18.1 Å². The number of esters is 1. The lowest BCUT2D eigenvalue weighted by atomic mass is 9.92. The van der Waals surface area contributed by atoms with Crippen molar-refractivity contribution in [2.24, 2.45) is 0 Å². The number of halogens is 1. The summed E-state index contributed by atoms with van der Waals surface area (Å²) in [5, 5.41) is 8.36. The molecule has 0 amide bonds. The molecule has 2 N–H and O–H groups in total. The van der Waals surface area contributed by atoms with Gasteiger partial charge in [0.1, 0.15) is 5.82 Å². The van der Waals surface area contributed by atoms with Crippen LogP contribution in [0.5, 0.6) is 5.75 Å². The van der Waals surface area contributed by atoms with E-state index in [4.69, 9.17) is 9.72 Å². The van der Waals surface area contributed by atoms with Crippen molar-refractivity contribution >= 4 is 14.0 Å². The molecule has 2 aromatic carbocycles. The molecule has 1 heterocycles. The van der Waals surface area contributed by atoms with E-state index in [9.17, 15) is 23.7 Å². The molecule has 3 aromatic rings. The van der Waals surface area contributed by atoms with Crippen LogP contribution >= 0.6 is 8.03 Å². The van der Waals surface area contributed by atoms with Gasteiger partial charge in [-0.15, -0.1) is 0 Å². The summed E-state index contributed by atoms with van der Waals surface area (Å²) in [4.78, 5) is 28.3. The highest BCUT2D eigenvalue weighted by molar-refractivity contribution is 7.41. The van der Waals surface area contributed by atoms with Crippen molar-refractivity contribution in [1.29, 1.82) is 0 Å². The molecule has 0 aliphatic heterocycles. The first-order valence-electron chi connectivity index (χ1n) is 11.5. The Kier molecular flexibility index (Phi) is 8.26. The zero-order valence-corrected chi connectivity index (χ0v) is 21.5. The van der Waals surface area contributed by atoms with Gasteiger partial charge >= 0.3 is 5.97 Å². The van der Waals surface area contributed by atoms with Crippen LogP contribution in [0.2, 0.25) is 0 Å². The Morgan fingerprint density at radius 1 is 1.09 bits per heavy atom. The summed E-state index contributed by atoms with van der Waals surface area (Å²) < 4.78 is 32.0.